The summed E-state index contributed by atoms with van der Waals surface area (Å²) in [6.45, 7) is 5.52. The van der Waals surface area contributed by atoms with Crippen molar-refractivity contribution < 1.29 is 14.7 Å². The number of benzene rings is 1. The third-order valence-electron chi connectivity index (χ3n) is 6.07. The molecule has 142 valence electrons. The molecule has 0 aliphatic carbocycles. The first-order valence-electron chi connectivity index (χ1n) is 9.52. The molecule has 2 fully saturated rings. The highest BCUT2D eigenvalue weighted by atomic mass is 16.4. The van der Waals surface area contributed by atoms with E-state index in [1.165, 1.54) is 6.42 Å². The first-order valence-corrected chi connectivity index (χ1v) is 9.52. The molecular formula is C20H29N3O3. The van der Waals surface area contributed by atoms with Gasteiger partial charge in [-0.15, -0.1) is 0 Å². The van der Waals surface area contributed by atoms with Crippen LogP contribution in [0.25, 0.3) is 0 Å². The molecule has 0 radical (unpaired) electrons. The van der Waals surface area contributed by atoms with Gasteiger partial charge in [-0.2, -0.15) is 0 Å². The molecule has 3 rings (SSSR count). The Bertz CT molecular complexity index is 618. The van der Waals surface area contributed by atoms with E-state index in [0.29, 0.717) is 11.8 Å². The second kappa shape index (κ2) is 8.08. The van der Waals surface area contributed by atoms with E-state index >= 15 is 0 Å². The van der Waals surface area contributed by atoms with Gasteiger partial charge in [0, 0.05) is 25.7 Å². The van der Waals surface area contributed by atoms with Gasteiger partial charge >= 0.3 is 6.09 Å². The lowest BCUT2D eigenvalue weighted by Crippen LogP contribution is -2.51. The number of piperidine rings is 1. The molecule has 2 heterocycles. The fraction of sp³-hybridized carbons (Fsp3) is 0.600. The van der Waals surface area contributed by atoms with Crippen LogP contribution < -0.4 is 10.6 Å². The molecule has 2 aliphatic heterocycles. The molecule has 2 aliphatic rings. The molecule has 3 N–H and O–H groups in total. The highest BCUT2D eigenvalue weighted by Gasteiger charge is 2.39. The first kappa shape index (κ1) is 18.7. The molecule has 0 aromatic heterocycles. The number of nitrogens with one attached hydrogen (secondary N) is 2. The lowest BCUT2D eigenvalue weighted by Gasteiger charge is -2.40. The number of hydrogen-bond acceptors (Lipinski definition) is 3. The van der Waals surface area contributed by atoms with Gasteiger partial charge in [0.1, 0.15) is 0 Å². The predicted octanol–water partition coefficient (Wildman–Crippen LogP) is 2.10. The topological polar surface area (TPSA) is 81.7 Å². The van der Waals surface area contributed by atoms with E-state index < -0.39 is 12.1 Å². The zero-order valence-electron chi connectivity index (χ0n) is 15.4. The summed E-state index contributed by atoms with van der Waals surface area (Å²) in [7, 11) is 0. The summed E-state index contributed by atoms with van der Waals surface area (Å²) in [4.78, 5) is 26.1. The van der Waals surface area contributed by atoms with Crippen molar-refractivity contribution in [2.45, 2.75) is 38.6 Å². The molecule has 1 spiro atoms. The summed E-state index contributed by atoms with van der Waals surface area (Å²) in [5.74, 6) is -0.331. The maximum Gasteiger partial charge on any atom is 0.404 e. The SMILES string of the molecule is C[C@@H](C(=O)N1CCC2(CCNC2)CC1)C(Cc1ccccc1)NC(=O)O. The Balaban J connectivity index is 1.63. The Morgan fingerprint density at radius 3 is 2.50 bits per heavy atom. The standard InChI is InChI=1S/C20H29N3O3/c1-15(17(22-19(25)26)13-16-5-3-2-4-6-16)18(24)23-11-8-20(9-12-23)7-10-21-14-20/h2-6,15,17,21-22H,7-14H2,1H3,(H,25,26)/t15-,17?/m1/s1. The number of nitrogens with zero attached hydrogens (tertiary/aromatic N) is 1. The lowest BCUT2D eigenvalue weighted by atomic mass is 9.77. The number of rotatable bonds is 5. The number of likely N-dealkylation sites (tertiary alicyclic amines) is 1. The van der Waals surface area contributed by atoms with Gasteiger partial charge < -0.3 is 20.6 Å². The highest BCUT2D eigenvalue weighted by molar-refractivity contribution is 5.80. The van der Waals surface area contributed by atoms with Crippen LogP contribution in [0.3, 0.4) is 0 Å². The normalized spacial score (nSPS) is 21.3. The van der Waals surface area contributed by atoms with Crippen molar-refractivity contribution in [1.29, 1.82) is 0 Å². The van der Waals surface area contributed by atoms with Gasteiger partial charge in [0.2, 0.25) is 5.91 Å². The number of carbonyl (C=O) groups is 2. The third kappa shape index (κ3) is 4.36. The molecule has 2 atom stereocenters. The third-order valence-corrected chi connectivity index (χ3v) is 6.07. The van der Waals surface area contributed by atoms with Gasteiger partial charge in [-0.3, -0.25) is 4.79 Å². The average molecular weight is 359 g/mol. The van der Waals surface area contributed by atoms with Crippen LogP contribution >= 0.6 is 0 Å². The fourth-order valence-electron chi connectivity index (χ4n) is 4.26. The van der Waals surface area contributed by atoms with Crippen molar-refractivity contribution in [2.75, 3.05) is 26.2 Å². The molecule has 1 aromatic carbocycles. The number of hydrogen-bond donors (Lipinski definition) is 3. The second-order valence-electron chi connectivity index (χ2n) is 7.79. The Labute approximate surface area is 155 Å². The van der Waals surface area contributed by atoms with E-state index in [1.54, 1.807) is 0 Å². The minimum Gasteiger partial charge on any atom is -0.465 e. The van der Waals surface area contributed by atoms with E-state index in [-0.39, 0.29) is 11.8 Å². The number of amides is 2. The van der Waals surface area contributed by atoms with Crippen LogP contribution in [0.5, 0.6) is 0 Å². The maximum atomic E-state index is 13.0. The fourth-order valence-corrected chi connectivity index (χ4v) is 4.26. The van der Waals surface area contributed by atoms with Gasteiger partial charge in [-0.1, -0.05) is 37.3 Å². The molecule has 6 nitrogen and oxygen atoms in total. The Morgan fingerprint density at radius 1 is 1.23 bits per heavy atom. The summed E-state index contributed by atoms with van der Waals surface area (Å²) in [6, 6.07) is 9.29. The average Bonchev–Trinajstić information content (AvgIpc) is 3.09. The van der Waals surface area contributed by atoms with Crippen LogP contribution in [0.2, 0.25) is 0 Å². The number of carboxylic acid groups (broad SMARTS) is 1. The molecule has 6 heteroatoms. The summed E-state index contributed by atoms with van der Waals surface area (Å²) in [5.41, 5.74) is 1.39. The summed E-state index contributed by atoms with van der Waals surface area (Å²) >= 11 is 0. The largest absolute Gasteiger partial charge is 0.465 e. The minimum atomic E-state index is -1.08. The van der Waals surface area contributed by atoms with Crippen LogP contribution in [-0.2, 0) is 11.2 Å². The second-order valence-corrected chi connectivity index (χ2v) is 7.79. The molecule has 2 saturated heterocycles. The molecule has 1 aromatic rings. The molecule has 1 unspecified atom stereocenters. The van der Waals surface area contributed by atoms with Crippen LogP contribution in [0.4, 0.5) is 4.79 Å². The maximum absolute atomic E-state index is 13.0. The van der Waals surface area contributed by atoms with E-state index in [0.717, 1.165) is 44.6 Å². The predicted molar refractivity (Wildman–Crippen MR) is 100.0 cm³/mol. The Hall–Kier alpha value is -2.08. The summed E-state index contributed by atoms with van der Waals surface area (Å²) in [6.07, 6.45) is 2.70. The molecule has 2 amide bonds. The van der Waals surface area contributed by atoms with Crippen molar-refractivity contribution in [3.05, 3.63) is 35.9 Å². The lowest BCUT2D eigenvalue weighted by molar-refractivity contribution is -0.138. The smallest absolute Gasteiger partial charge is 0.404 e. The van der Waals surface area contributed by atoms with Crippen LogP contribution in [0.15, 0.2) is 30.3 Å². The van der Waals surface area contributed by atoms with E-state index in [1.807, 2.05) is 42.2 Å². The summed E-state index contributed by atoms with van der Waals surface area (Å²) in [5, 5.41) is 15.2. The van der Waals surface area contributed by atoms with Crippen molar-refractivity contribution >= 4 is 12.0 Å². The molecule has 0 saturated carbocycles. The minimum absolute atomic E-state index is 0.0560. The first-order chi connectivity index (χ1) is 12.5. The molecular weight excluding hydrogens is 330 g/mol. The van der Waals surface area contributed by atoms with Gasteiger partial charge in [0.15, 0.2) is 0 Å². The van der Waals surface area contributed by atoms with Gasteiger partial charge in [-0.25, -0.2) is 4.79 Å². The van der Waals surface area contributed by atoms with E-state index in [9.17, 15) is 14.7 Å². The molecule has 26 heavy (non-hydrogen) atoms. The van der Waals surface area contributed by atoms with Crippen LogP contribution in [0, 0.1) is 11.3 Å². The van der Waals surface area contributed by atoms with E-state index in [2.05, 4.69) is 10.6 Å². The van der Waals surface area contributed by atoms with Crippen molar-refractivity contribution in [1.82, 2.24) is 15.5 Å². The Kier molecular flexibility index (Phi) is 5.81. The van der Waals surface area contributed by atoms with Crippen molar-refractivity contribution in [2.24, 2.45) is 11.3 Å². The summed E-state index contributed by atoms with van der Waals surface area (Å²) < 4.78 is 0. The highest BCUT2D eigenvalue weighted by Crippen LogP contribution is 2.37. The van der Waals surface area contributed by atoms with Gasteiger partial charge in [0.05, 0.1) is 5.92 Å². The monoisotopic (exact) mass is 359 g/mol. The molecule has 0 bridgehead atoms. The zero-order valence-corrected chi connectivity index (χ0v) is 15.4. The van der Waals surface area contributed by atoms with Crippen molar-refractivity contribution in [3.8, 4) is 0 Å². The number of carbonyl (C=O) groups excluding carboxylic acids is 1. The van der Waals surface area contributed by atoms with Crippen LogP contribution in [0.1, 0.15) is 31.7 Å². The van der Waals surface area contributed by atoms with E-state index in [4.69, 9.17) is 0 Å². The Morgan fingerprint density at radius 2 is 1.92 bits per heavy atom. The van der Waals surface area contributed by atoms with Crippen molar-refractivity contribution in [3.63, 3.8) is 0 Å². The quantitative estimate of drug-likeness (QED) is 0.752. The van der Waals surface area contributed by atoms with Gasteiger partial charge in [-0.05, 0) is 43.2 Å². The van der Waals surface area contributed by atoms with Crippen LogP contribution in [-0.4, -0.2) is 54.2 Å². The zero-order chi connectivity index (χ0) is 18.6. The van der Waals surface area contributed by atoms with Gasteiger partial charge in [0.25, 0.3) is 0 Å².